The third kappa shape index (κ3) is 1.23. The average Bonchev–Trinajstić information content (AvgIpc) is 2.92. The zero-order valence-corrected chi connectivity index (χ0v) is 9.63. The first-order valence-corrected chi connectivity index (χ1v) is 5.92. The number of ether oxygens (including phenoxy) is 1. The van der Waals surface area contributed by atoms with Crippen molar-refractivity contribution in [3.63, 3.8) is 0 Å². The first-order chi connectivity index (χ1) is 8.02. The normalized spacial score (nSPS) is 40.9. The number of likely N-dealkylation sites (tertiary alicyclic amines) is 1. The number of hydrogen-bond donors (Lipinski definition) is 1. The number of fused-ring (bicyclic) bond motifs is 5. The SMILES string of the molecule is C=C1C2C3CC[C@H](O3)C2C(=O)N1C(C)C(=O)O. The van der Waals surface area contributed by atoms with Gasteiger partial charge in [-0.25, -0.2) is 4.79 Å². The van der Waals surface area contributed by atoms with Gasteiger partial charge in [-0.05, 0) is 19.8 Å². The molecule has 5 atom stereocenters. The molecule has 2 bridgehead atoms. The van der Waals surface area contributed by atoms with Crippen LogP contribution in [0.4, 0.5) is 0 Å². The van der Waals surface area contributed by atoms with Crippen molar-refractivity contribution in [2.75, 3.05) is 0 Å². The standard InChI is InChI=1S/C12H15NO4/c1-5-9-7-3-4-8(17-7)10(9)11(14)13(5)6(2)12(15)16/h6-10H,1,3-4H2,2H3,(H,15,16)/t6?,7?,8-,9?,10?/m0/s1. The Kier molecular flexibility index (Phi) is 2.10. The molecular formula is C12H15NO4. The van der Waals surface area contributed by atoms with Gasteiger partial charge in [-0.2, -0.15) is 0 Å². The molecular weight excluding hydrogens is 222 g/mol. The van der Waals surface area contributed by atoms with Crippen molar-refractivity contribution < 1.29 is 19.4 Å². The van der Waals surface area contributed by atoms with Crippen LogP contribution in [0.5, 0.6) is 0 Å². The van der Waals surface area contributed by atoms with E-state index in [1.165, 1.54) is 11.8 Å². The van der Waals surface area contributed by atoms with Crippen LogP contribution in [0.15, 0.2) is 12.3 Å². The molecule has 0 saturated carbocycles. The Balaban J connectivity index is 1.93. The van der Waals surface area contributed by atoms with Crippen molar-refractivity contribution in [3.8, 4) is 0 Å². The molecule has 5 nitrogen and oxygen atoms in total. The Morgan fingerprint density at radius 3 is 2.59 bits per heavy atom. The molecule has 4 unspecified atom stereocenters. The molecule has 0 radical (unpaired) electrons. The number of rotatable bonds is 2. The van der Waals surface area contributed by atoms with Crippen LogP contribution < -0.4 is 0 Å². The second kappa shape index (κ2) is 3.32. The van der Waals surface area contributed by atoms with Crippen molar-refractivity contribution in [1.29, 1.82) is 0 Å². The van der Waals surface area contributed by atoms with Crippen molar-refractivity contribution in [2.45, 2.75) is 38.0 Å². The van der Waals surface area contributed by atoms with E-state index in [0.717, 1.165) is 12.8 Å². The summed E-state index contributed by atoms with van der Waals surface area (Å²) in [6, 6.07) is -0.833. The van der Waals surface area contributed by atoms with E-state index in [1.54, 1.807) is 0 Å². The minimum atomic E-state index is -0.993. The zero-order valence-electron chi connectivity index (χ0n) is 9.63. The molecule has 0 aliphatic carbocycles. The van der Waals surface area contributed by atoms with Gasteiger partial charge in [0.25, 0.3) is 0 Å². The average molecular weight is 237 g/mol. The van der Waals surface area contributed by atoms with Crippen molar-refractivity contribution in [2.24, 2.45) is 11.8 Å². The summed E-state index contributed by atoms with van der Waals surface area (Å²) < 4.78 is 5.71. The van der Waals surface area contributed by atoms with Gasteiger partial charge < -0.3 is 14.7 Å². The Morgan fingerprint density at radius 2 is 2.06 bits per heavy atom. The lowest BCUT2D eigenvalue weighted by Gasteiger charge is -2.24. The largest absolute Gasteiger partial charge is 0.480 e. The molecule has 0 aromatic carbocycles. The van der Waals surface area contributed by atoms with Gasteiger partial charge in [0.1, 0.15) is 6.04 Å². The van der Waals surface area contributed by atoms with E-state index in [1.807, 2.05) is 0 Å². The van der Waals surface area contributed by atoms with Gasteiger partial charge in [-0.15, -0.1) is 0 Å². The zero-order chi connectivity index (χ0) is 12.3. The van der Waals surface area contributed by atoms with Gasteiger partial charge >= 0.3 is 5.97 Å². The molecule has 1 N–H and O–H groups in total. The van der Waals surface area contributed by atoms with E-state index in [4.69, 9.17) is 9.84 Å². The summed E-state index contributed by atoms with van der Waals surface area (Å²) in [5.41, 5.74) is 0.627. The Hall–Kier alpha value is -1.36. The number of carboxylic acid groups (broad SMARTS) is 1. The third-order valence-corrected chi connectivity index (χ3v) is 4.23. The molecule has 3 aliphatic heterocycles. The number of hydrogen-bond acceptors (Lipinski definition) is 3. The van der Waals surface area contributed by atoms with Crippen molar-refractivity contribution in [3.05, 3.63) is 12.3 Å². The second-order valence-corrected chi connectivity index (χ2v) is 5.06. The van der Waals surface area contributed by atoms with Gasteiger partial charge in [0, 0.05) is 11.6 Å². The summed E-state index contributed by atoms with van der Waals surface area (Å²) in [6.45, 7) is 5.44. The summed E-state index contributed by atoms with van der Waals surface area (Å²) in [4.78, 5) is 24.6. The van der Waals surface area contributed by atoms with Crippen LogP contribution in [-0.2, 0) is 14.3 Å². The molecule has 3 rings (SSSR count). The number of carboxylic acids is 1. The van der Waals surface area contributed by atoms with E-state index in [2.05, 4.69) is 6.58 Å². The van der Waals surface area contributed by atoms with Gasteiger partial charge in [0.15, 0.2) is 0 Å². The summed E-state index contributed by atoms with van der Waals surface area (Å²) in [7, 11) is 0. The Labute approximate surface area is 99.0 Å². The van der Waals surface area contributed by atoms with Crippen molar-refractivity contribution in [1.82, 2.24) is 4.90 Å². The molecule has 3 aliphatic rings. The molecule has 5 heteroatoms. The molecule has 17 heavy (non-hydrogen) atoms. The fourth-order valence-electron chi connectivity index (χ4n) is 3.43. The maximum Gasteiger partial charge on any atom is 0.326 e. The van der Waals surface area contributed by atoms with Gasteiger partial charge in [0.05, 0.1) is 18.1 Å². The lowest BCUT2D eigenvalue weighted by molar-refractivity contribution is -0.148. The predicted molar refractivity (Wildman–Crippen MR) is 58.0 cm³/mol. The highest BCUT2D eigenvalue weighted by atomic mass is 16.5. The van der Waals surface area contributed by atoms with Crippen LogP contribution in [0.2, 0.25) is 0 Å². The summed E-state index contributed by atoms with van der Waals surface area (Å²) in [5, 5.41) is 9.02. The lowest BCUT2D eigenvalue weighted by atomic mass is 9.80. The fraction of sp³-hybridized carbons (Fsp3) is 0.667. The number of nitrogens with zero attached hydrogens (tertiary/aromatic N) is 1. The first kappa shape index (κ1) is 10.8. The summed E-state index contributed by atoms with van der Waals surface area (Å²) in [6.07, 6.45) is 1.89. The molecule has 3 saturated heterocycles. The highest BCUT2D eigenvalue weighted by Crippen LogP contribution is 2.52. The number of carbonyl (C=O) groups is 2. The summed E-state index contributed by atoms with van der Waals surface area (Å²) in [5.74, 6) is -1.30. The minimum absolute atomic E-state index is 0.00282. The molecule has 92 valence electrons. The van der Waals surface area contributed by atoms with E-state index in [-0.39, 0.29) is 30.0 Å². The van der Waals surface area contributed by atoms with Gasteiger partial charge in [0.2, 0.25) is 5.91 Å². The van der Waals surface area contributed by atoms with Gasteiger partial charge in [-0.3, -0.25) is 4.79 Å². The number of carbonyl (C=O) groups excluding carboxylic acids is 1. The first-order valence-electron chi connectivity index (χ1n) is 5.92. The topological polar surface area (TPSA) is 66.8 Å². The van der Waals surface area contributed by atoms with Crippen LogP contribution in [0.1, 0.15) is 19.8 Å². The highest BCUT2D eigenvalue weighted by Gasteiger charge is 2.60. The van der Waals surface area contributed by atoms with Crippen LogP contribution in [0.25, 0.3) is 0 Å². The van der Waals surface area contributed by atoms with Gasteiger partial charge in [-0.1, -0.05) is 6.58 Å². The minimum Gasteiger partial charge on any atom is -0.480 e. The monoisotopic (exact) mass is 237 g/mol. The van der Waals surface area contributed by atoms with E-state index in [9.17, 15) is 9.59 Å². The molecule has 1 amide bonds. The molecule has 0 spiro atoms. The van der Waals surface area contributed by atoms with Crippen LogP contribution in [0, 0.1) is 11.8 Å². The van der Waals surface area contributed by atoms with Crippen LogP contribution in [-0.4, -0.2) is 40.1 Å². The fourth-order valence-corrected chi connectivity index (χ4v) is 3.43. The quantitative estimate of drug-likeness (QED) is 0.764. The van der Waals surface area contributed by atoms with E-state index >= 15 is 0 Å². The van der Waals surface area contributed by atoms with Crippen LogP contribution in [0.3, 0.4) is 0 Å². The van der Waals surface area contributed by atoms with Crippen molar-refractivity contribution >= 4 is 11.9 Å². The predicted octanol–water partition coefficient (Wildman–Crippen LogP) is 0.609. The number of amides is 1. The Bertz CT molecular complexity index is 391. The molecule has 0 aromatic heterocycles. The smallest absolute Gasteiger partial charge is 0.326 e. The van der Waals surface area contributed by atoms with E-state index < -0.39 is 12.0 Å². The molecule has 0 aromatic rings. The second-order valence-electron chi connectivity index (χ2n) is 5.06. The number of aliphatic carboxylic acids is 1. The highest BCUT2D eigenvalue weighted by molar-refractivity contribution is 5.90. The Morgan fingerprint density at radius 1 is 1.47 bits per heavy atom. The maximum absolute atomic E-state index is 12.3. The third-order valence-electron chi connectivity index (χ3n) is 4.23. The van der Waals surface area contributed by atoms with Crippen LogP contribution >= 0.6 is 0 Å². The van der Waals surface area contributed by atoms with E-state index in [0.29, 0.717) is 5.70 Å². The molecule has 3 fully saturated rings. The summed E-state index contributed by atoms with van der Waals surface area (Å²) >= 11 is 0. The lowest BCUT2D eigenvalue weighted by Crippen LogP contribution is -2.41. The molecule has 3 heterocycles. The maximum atomic E-state index is 12.3.